The molecule has 0 radical (unpaired) electrons. The van der Waals surface area contributed by atoms with E-state index in [1.165, 1.54) is 0 Å². The van der Waals surface area contributed by atoms with E-state index in [2.05, 4.69) is 10.6 Å². The number of amides is 2. The number of benzene rings is 2. The minimum absolute atomic E-state index is 0.0941. The van der Waals surface area contributed by atoms with Gasteiger partial charge in [0.25, 0.3) is 11.8 Å². The minimum atomic E-state index is -0.609. The van der Waals surface area contributed by atoms with Crippen molar-refractivity contribution in [1.29, 1.82) is 0 Å². The number of aryl methyl sites for hydroxylation is 1. The van der Waals surface area contributed by atoms with E-state index >= 15 is 0 Å². The molecule has 2 N–H and O–H groups in total. The Morgan fingerprint density at radius 2 is 1.76 bits per heavy atom. The molecule has 33 heavy (non-hydrogen) atoms. The Kier molecular flexibility index (Phi) is 6.32. The van der Waals surface area contributed by atoms with Crippen LogP contribution in [0.5, 0.6) is 11.5 Å². The lowest BCUT2D eigenvalue weighted by molar-refractivity contribution is 0.0527. The Morgan fingerprint density at radius 3 is 2.52 bits per heavy atom. The van der Waals surface area contributed by atoms with Crippen molar-refractivity contribution in [3.05, 3.63) is 69.6 Å². The van der Waals surface area contributed by atoms with Gasteiger partial charge in [-0.2, -0.15) is 0 Å². The van der Waals surface area contributed by atoms with Crippen molar-refractivity contribution in [2.75, 3.05) is 24.0 Å². The lowest BCUT2D eigenvalue weighted by Gasteiger charge is -2.08. The number of hydrogen-bond donors (Lipinski definition) is 2. The van der Waals surface area contributed by atoms with E-state index in [1.807, 2.05) is 25.1 Å². The fourth-order valence-corrected chi connectivity index (χ4v) is 4.46. The van der Waals surface area contributed by atoms with Crippen molar-refractivity contribution in [3.63, 3.8) is 0 Å². The summed E-state index contributed by atoms with van der Waals surface area (Å²) >= 11 is 1.02. The standard InChI is InChI=1S/C24H22N2O6S/c1-4-30-24(29)19-14(3)20(22(28)25-16-8-6-5-7-13(16)2)33-23(19)26-21(27)15-9-10-17-18(11-15)32-12-31-17/h5-11H,4,12H2,1-3H3,(H,25,28)(H,26,27). The molecule has 3 aromatic rings. The molecular formula is C24H22N2O6S. The molecule has 170 valence electrons. The highest BCUT2D eigenvalue weighted by Crippen LogP contribution is 2.36. The maximum Gasteiger partial charge on any atom is 0.341 e. The fourth-order valence-electron chi connectivity index (χ4n) is 3.37. The average Bonchev–Trinajstić information content (AvgIpc) is 3.39. The smallest absolute Gasteiger partial charge is 0.341 e. The molecule has 1 aromatic heterocycles. The van der Waals surface area contributed by atoms with Crippen LogP contribution in [0.2, 0.25) is 0 Å². The van der Waals surface area contributed by atoms with Crippen LogP contribution in [0.4, 0.5) is 10.7 Å². The maximum absolute atomic E-state index is 13.0. The first-order valence-electron chi connectivity index (χ1n) is 10.3. The Morgan fingerprint density at radius 1 is 1.00 bits per heavy atom. The summed E-state index contributed by atoms with van der Waals surface area (Å²) in [6.45, 7) is 5.49. The van der Waals surface area contributed by atoms with E-state index in [4.69, 9.17) is 14.2 Å². The number of nitrogens with one attached hydrogen (secondary N) is 2. The predicted octanol–water partition coefficient (Wildman–Crippen LogP) is 4.77. The van der Waals surface area contributed by atoms with E-state index in [9.17, 15) is 14.4 Å². The van der Waals surface area contributed by atoms with Gasteiger partial charge < -0.3 is 24.8 Å². The van der Waals surface area contributed by atoms with Crippen LogP contribution < -0.4 is 20.1 Å². The predicted molar refractivity (Wildman–Crippen MR) is 125 cm³/mol. The van der Waals surface area contributed by atoms with Crippen molar-refractivity contribution < 1.29 is 28.6 Å². The number of anilines is 2. The zero-order chi connectivity index (χ0) is 23.5. The molecule has 0 spiro atoms. The van der Waals surface area contributed by atoms with Gasteiger partial charge in [0.15, 0.2) is 11.5 Å². The van der Waals surface area contributed by atoms with Crippen LogP contribution in [-0.4, -0.2) is 31.2 Å². The summed E-state index contributed by atoms with van der Waals surface area (Å²) in [6, 6.07) is 12.2. The molecule has 9 heteroatoms. The van der Waals surface area contributed by atoms with Gasteiger partial charge in [-0.15, -0.1) is 11.3 Å². The van der Waals surface area contributed by atoms with Gasteiger partial charge in [-0.1, -0.05) is 18.2 Å². The van der Waals surface area contributed by atoms with Crippen LogP contribution >= 0.6 is 11.3 Å². The highest BCUT2D eigenvalue weighted by molar-refractivity contribution is 7.19. The molecule has 1 aliphatic heterocycles. The lowest BCUT2D eigenvalue weighted by atomic mass is 10.1. The van der Waals surface area contributed by atoms with Gasteiger partial charge in [0.1, 0.15) is 5.00 Å². The second kappa shape index (κ2) is 9.33. The number of ether oxygens (including phenoxy) is 3. The topological polar surface area (TPSA) is 103 Å². The second-order valence-electron chi connectivity index (χ2n) is 7.27. The summed E-state index contributed by atoms with van der Waals surface area (Å²) in [4.78, 5) is 38.9. The monoisotopic (exact) mass is 466 g/mol. The molecule has 0 saturated carbocycles. The molecule has 2 aromatic carbocycles. The molecule has 2 amide bonds. The zero-order valence-corrected chi connectivity index (χ0v) is 19.1. The van der Waals surface area contributed by atoms with E-state index < -0.39 is 11.9 Å². The molecular weight excluding hydrogens is 444 g/mol. The number of rotatable bonds is 6. The molecule has 4 rings (SSSR count). The summed E-state index contributed by atoms with van der Waals surface area (Å²) in [5, 5.41) is 5.86. The third kappa shape index (κ3) is 4.54. The Labute approximate surface area is 194 Å². The Bertz CT molecular complexity index is 1250. The molecule has 0 fully saturated rings. The number of fused-ring (bicyclic) bond motifs is 1. The Balaban J connectivity index is 1.65. The van der Waals surface area contributed by atoms with E-state index in [-0.39, 0.29) is 29.9 Å². The normalized spacial score (nSPS) is 11.7. The molecule has 0 unspecified atom stereocenters. The minimum Gasteiger partial charge on any atom is -0.462 e. The number of carbonyl (C=O) groups excluding carboxylic acids is 3. The van der Waals surface area contributed by atoms with Crippen LogP contribution in [-0.2, 0) is 4.74 Å². The molecule has 0 bridgehead atoms. The highest BCUT2D eigenvalue weighted by atomic mass is 32.1. The quantitative estimate of drug-likeness (QED) is 0.507. The SMILES string of the molecule is CCOC(=O)c1c(NC(=O)c2ccc3c(c2)OCO3)sc(C(=O)Nc2ccccc2C)c1C. The number of hydrogen-bond acceptors (Lipinski definition) is 7. The molecule has 0 atom stereocenters. The molecule has 0 aliphatic carbocycles. The lowest BCUT2D eigenvalue weighted by Crippen LogP contribution is -2.15. The van der Waals surface area contributed by atoms with Crippen LogP contribution in [0.3, 0.4) is 0 Å². The fraction of sp³-hybridized carbons (Fsp3) is 0.208. The number of carbonyl (C=O) groups is 3. The summed E-state index contributed by atoms with van der Waals surface area (Å²) in [5.41, 5.74) is 2.49. The van der Waals surface area contributed by atoms with E-state index in [1.54, 1.807) is 38.1 Å². The third-order valence-corrected chi connectivity index (χ3v) is 6.29. The van der Waals surface area contributed by atoms with Crippen LogP contribution in [0.1, 0.15) is 48.4 Å². The van der Waals surface area contributed by atoms with Crippen molar-refractivity contribution >= 4 is 39.8 Å². The zero-order valence-electron chi connectivity index (χ0n) is 18.3. The van der Waals surface area contributed by atoms with Gasteiger partial charge in [0, 0.05) is 11.3 Å². The second-order valence-corrected chi connectivity index (χ2v) is 8.29. The van der Waals surface area contributed by atoms with Crippen molar-refractivity contribution in [2.24, 2.45) is 0 Å². The number of esters is 1. The molecule has 8 nitrogen and oxygen atoms in total. The van der Waals surface area contributed by atoms with Gasteiger partial charge in [0.2, 0.25) is 6.79 Å². The van der Waals surface area contributed by atoms with Gasteiger partial charge in [-0.3, -0.25) is 9.59 Å². The van der Waals surface area contributed by atoms with Crippen molar-refractivity contribution in [2.45, 2.75) is 20.8 Å². The van der Waals surface area contributed by atoms with Gasteiger partial charge in [0.05, 0.1) is 17.0 Å². The first kappa shape index (κ1) is 22.3. The van der Waals surface area contributed by atoms with Crippen LogP contribution in [0.15, 0.2) is 42.5 Å². The van der Waals surface area contributed by atoms with Crippen molar-refractivity contribution in [3.8, 4) is 11.5 Å². The summed E-state index contributed by atoms with van der Waals surface area (Å²) in [5.74, 6) is -0.413. The van der Waals surface area contributed by atoms with E-state index in [0.29, 0.717) is 33.2 Å². The molecule has 0 saturated heterocycles. The van der Waals surface area contributed by atoms with Crippen molar-refractivity contribution in [1.82, 2.24) is 0 Å². The largest absolute Gasteiger partial charge is 0.462 e. The summed E-state index contributed by atoms with van der Waals surface area (Å²) in [7, 11) is 0. The van der Waals surface area contributed by atoms with Gasteiger partial charge >= 0.3 is 5.97 Å². The number of para-hydroxylation sites is 1. The first-order valence-corrected chi connectivity index (χ1v) is 11.1. The molecule has 2 heterocycles. The highest BCUT2D eigenvalue weighted by Gasteiger charge is 2.27. The van der Waals surface area contributed by atoms with E-state index in [0.717, 1.165) is 16.9 Å². The van der Waals surface area contributed by atoms with Gasteiger partial charge in [-0.25, -0.2) is 4.79 Å². The average molecular weight is 467 g/mol. The number of thiophene rings is 1. The summed E-state index contributed by atoms with van der Waals surface area (Å²) < 4.78 is 15.8. The first-order chi connectivity index (χ1) is 15.9. The Hall–Kier alpha value is -3.85. The third-order valence-electron chi connectivity index (χ3n) is 5.09. The maximum atomic E-state index is 13.0. The summed E-state index contributed by atoms with van der Waals surface area (Å²) in [6.07, 6.45) is 0. The van der Waals surface area contributed by atoms with Crippen LogP contribution in [0.25, 0.3) is 0 Å². The van der Waals surface area contributed by atoms with Crippen LogP contribution in [0, 0.1) is 13.8 Å². The van der Waals surface area contributed by atoms with Gasteiger partial charge in [-0.05, 0) is 56.2 Å². The molecule has 1 aliphatic rings.